The van der Waals surface area contributed by atoms with Crippen LogP contribution < -0.4 is 0 Å². The largest absolute Gasteiger partial charge is 0.434 e. The topological polar surface area (TPSA) is 51.0 Å². The maximum atomic E-state index is 12.9. The summed E-state index contributed by atoms with van der Waals surface area (Å²) in [6.07, 6.45) is -1.69. The maximum Gasteiger partial charge on any atom is 0.434 e. The Morgan fingerprint density at radius 3 is 2.81 bits per heavy atom. The highest BCUT2D eigenvalue weighted by atomic mass is 35.5. The fourth-order valence-electron chi connectivity index (χ4n) is 1.75. The van der Waals surface area contributed by atoms with Crippen LogP contribution in [0.25, 0.3) is 0 Å². The third-order valence-corrected chi connectivity index (χ3v) is 3.77. The Hall–Kier alpha value is -1.67. The lowest BCUT2D eigenvalue weighted by atomic mass is 10.3. The second-order valence-corrected chi connectivity index (χ2v) is 5.59. The van der Waals surface area contributed by atoms with Crippen LogP contribution in [0, 0.1) is 0 Å². The molecule has 0 saturated carbocycles. The number of pyridine rings is 1. The minimum atomic E-state index is -4.51. The Labute approximate surface area is 126 Å². The number of aromatic nitrogens is 3. The van der Waals surface area contributed by atoms with Crippen LogP contribution in [0.2, 0.25) is 0 Å². The van der Waals surface area contributed by atoms with E-state index in [1.807, 2.05) is 0 Å². The van der Waals surface area contributed by atoms with Gasteiger partial charge in [0, 0.05) is 17.5 Å². The Morgan fingerprint density at radius 2 is 2.05 bits per heavy atom. The Morgan fingerprint density at radius 1 is 1.24 bits per heavy atom. The lowest BCUT2D eigenvalue weighted by Gasteiger charge is -2.10. The van der Waals surface area contributed by atoms with Gasteiger partial charge in [-0.15, -0.1) is 0 Å². The van der Waals surface area contributed by atoms with E-state index in [0.717, 1.165) is 18.0 Å². The zero-order valence-electron chi connectivity index (χ0n) is 10.2. The van der Waals surface area contributed by atoms with Gasteiger partial charge in [0.15, 0.2) is 11.5 Å². The minimum Gasteiger partial charge on any atom is -0.251 e. The normalized spacial score (nSPS) is 14.0. The molecule has 0 aliphatic carbocycles. The molecule has 2 aromatic rings. The highest BCUT2D eigenvalue weighted by Gasteiger charge is 2.35. The molecule has 0 fully saturated rings. The summed E-state index contributed by atoms with van der Waals surface area (Å²) in [6, 6.07) is 2.79. The molecule has 0 saturated heterocycles. The monoisotopic (exact) mass is 330 g/mol. The maximum absolute atomic E-state index is 12.9. The summed E-state index contributed by atoms with van der Waals surface area (Å²) in [5.41, 5.74) is -0.381. The van der Waals surface area contributed by atoms with Crippen molar-refractivity contribution >= 4 is 34.4 Å². The molecule has 0 N–H and O–H groups in total. The third-order valence-electron chi connectivity index (χ3n) is 2.59. The van der Waals surface area contributed by atoms with Gasteiger partial charge in [-0.05, 0) is 12.1 Å². The number of hydrogen-bond donors (Lipinski definition) is 0. The van der Waals surface area contributed by atoms with Crippen LogP contribution in [0.15, 0.2) is 39.4 Å². The van der Waals surface area contributed by atoms with Crippen molar-refractivity contribution in [2.75, 3.05) is 0 Å². The first-order valence-electron chi connectivity index (χ1n) is 5.72. The SMILES string of the molecule is FC(F)(F)c1ncccc1Sc1cnc2c(n1)CC(Cl)=N2. The molecule has 3 rings (SSSR count). The molecule has 4 nitrogen and oxygen atoms in total. The standard InChI is InChI=1S/C12H6ClF3N4S/c13-8-4-6-11(20-8)18-5-9(19-6)21-7-2-1-3-17-10(7)12(14,15)16/h1-3,5H,4H2. The Bertz CT molecular complexity index is 733. The van der Waals surface area contributed by atoms with Crippen molar-refractivity contribution in [2.24, 2.45) is 4.99 Å². The molecule has 9 heteroatoms. The molecule has 0 amide bonds. The molecule has 0 spiro atoms. The second kappa shape index (κ2) is 5.27. The molecule has 2 aromatic heterocycles. The predicted octanol–water partition coefficient (Wildman–Crippen LogP) is 3.87. The van der Waals surface area contributed by atoms with E-state index in [1.165, 1.54) is 18.3 Å². The van der Waals surface area contributed by atoms with Crippen LogP contribution in [0.4, 0.5) is 19.0 Å². The number of aliphatic imine (C=N–C) groups is 1. The quantitative estimate of drug-likeness (QED) is 0.839. The number of hydrogen-bond acceptors (Lipinski definition) is 5. The van der Waals surface area contributed by atoms with E-state index in [4.69, 9.17) is 11.6 Å². The summed E-state index contributed by atoms with van der Waals surface area (Å²) in [5, 5.41) is 0.707. The lowest BCUT2D eigenvalue weighted by Crippen LogP contribution is -2.09. The second-order valence-electron chi connectivity index (χ2n) is 4.09. The highest BCUT2D eigenvalue weighted by Crippen LogP contribution is 2.38. The van der Waals surface area contributed by atoms with Crippen LogP contribution in [0.1, 0.15) is 11.4 Å². The number of alkyl halides is 3. The zero-order valence-corrected chi connectivity index (χ0v) is 11.8. The Balaban J connectivity index is 1.91. The minimum absolute atomic E-state index is 0.0238. The average Bonchev–Trinajstić information content (AvgIpc) is 2.77. The molecular formula is C12H6ClF3N4S. The number of fused-ring (bicyclic) bond motifs is 1. The van der Waals surface area contributed by atoms with E-state index in [-0.39, 0.29) is 4.90 Å². The molecule has 0 radical (unpaired) electrons. The highest BCUT2D eigenvalue weighted by molar-refractivity contribution is 7.99. The Kier molecular flexibility index (Phi) is 3.58. The smallest absolute Gasteiger partial charge is 0.251 e. The summed E-state index contributed by atoms with van der Waals surface area (Å²) in [6.45, 7) is 0. The average molecular weight is 331 g/mol. The third kappa shape index (κ3) is 3.01. The van der Waals surface area contributed by atoms with E-state index in [0.29, 0.717) is 28.1 Å². The van der Waals surface area contributed by atoms with Crippen LogP contribution in [0.5, 0.6) is 0 Å². The summed E-state index contributed by atoms with van der Waals surface area (Å²) in [5.74, 6) is 0.409. The summed E-state index contributed by atoms with van der Waals surface area (Å²) in [7, 11) is 0. The molecular weight excluding hydrogens is 325 g/mol. The van der Waals surface area contributed by atoms with Crippen molar-refractivity contribution in [2.45, 2.75) is 22.5 Å². The molecule has 21 heavy (non-hydrogen) atoms. The fraction of sp³-hybridized carbons (Fsp3) is 0.167. The number of nitrogens with zero attached hydrogens (tertiary/aromatic N) is 4. The molecule has 0 aromatic carbocycles. The first-order valence-corrected chi connectivity index (χ1v) is 6.92. The van der Waals surface area contributed by atoms with Gasteiger partial charge < -0.3 is 0 Å². The van der Waals surface area contributed by atoms with E-state index in [2.05, 4.69) is 19.9 Å². The van der Waals surface area contributed by atoms with Gasteiger partial charge in [-0.2, -0.15) is 13.2 Å². The van der Waals surface area contributed by atoms with E-state index >= 15 is 0 Å². The van der Waals surface area contributed by atoms with E-state index in [9.17, 15) is 13.2 Å². The van der Waals surface area contributed by atoms with Gasteiger partial charge >= 0.3 is 6.18 Å². The van der Waals surface area contributed by atoms with Crippen molar-refractivity contribution in [3.05, 3.63) is 35.9 Å². The summed E-state index contributed by atoms with van der Waals surface area (Å²) in [4.78, 5) is 15.6. The number of halogens is 4. The molecule has 108 valence electrons. The lowest BCUT2D eigenvalue weighted by molar-refractivity contribution is -0.143. The van der Waals surface area contributed by atoms with Crippen LogP contribution in [-0.2, 0) is 12.6 Å². The van der Waals surface area contributed by atoms with Crippen molar-refractivity contribution in [3.63, 3.8) is 0 Å². The molecule has 1 aliphatic rings. The molecule has 0 unspecified atom stereocenters. The van der Waals surface area contributed by atoms with Crippen molar-refractivity contribution < 1.29 is 13.2 Å². The number of rotatable bonds is 2. The molecule has 3 heterocycles. The van der Waals surface area contributed by atoms with Crippen molar-refractivity contribution in [1.29, 1.82) is 0 Å². The molecule has 1 aliphatic heterocycles. The van der Waals surface area contributed by atoms with Gasteiger partial charge in [0.1, 0.15) is 10.2 Å². The van der Waals surface area contributed by atoms with Gasteiger partial charge in [0.05, 0.1) is 11.9 Å². The van der Waals surface area contributed by atoms with Gasteiger partial charge in [-0.1, -0.05) is 23.4 Å². The predicted molar refractivity (Wildman–Crippen MR) is 72.0 cm³/mol. The first-order chi connectivity index (χ1) is 9.93. The molecule has 0 atom stereocenters. The first kappa shape index (κ1) is 14.3. The van der Waals surface area contributed by atoms with Crippen LogP contribution >= 0.6 is 23.4 Å². The van der Waals surface area contributed by atoms with Crippen LogP contribution in [-0.4, -0.2) is 20.1 Å². The van der Waals surface area contributed by atoms with E-state index < -0.39 is 11.9 Å². The van der Waals surface area contributed by atoms with Gasteiger partial charge in [-0.25, -0.2) is 15.0 Å². The van der Waals surface area contributed by atoms with Crippen LogP contribution in [0.3, 0.4) is 0 Å². The van der Waals surface area contributed by atoms with Gasteiger partial charge in [0.2, 0.25) is 0 Å². The van der Waals surface area contributed by atoms with E-state index in [1.54, 1.807) is 0 Å². The zero-order chi connectivity index (χ0) is 15.0. The van der Waals surface area contributed by atoms with Crippen molar-refractivity contribution in [1.82, 2.24) is 15.0 Å². The van der Waals surface area contributed by atoms with Gasteiger partial charge in [0.25, 0.3) is 0 Å². The molecule has 0 bridgehead atoms. The summed E-state index contributed by atoms with van der Waals surface area (Å²) >= 11 is 6.64. The van der Waals surface area contributed by atoms with Crippen molar-refractivity contribution in [3.8, 4) is 0 Å². The van der Waals surface area contributed by atoms with Gasteiger partial charge in [-0.3, -0.25) is 4.98 Å². The summed E-state index contributed by atoms with van der Waals surface area (Å²) < 4.78 is 38.6. The fourth-order valence-corrected chi connectivity index (χ4v) is 2.86.